The van der Waals surface area contributed by atoms with Gasteiger partial charge in [-0.2, -0.15) is 13.2 Å². The molecule has 0 saturated heterocycles. The van der Waals surface area contributed by atoms with E-state index in [4.69, 9.17) is 9.47 Å². The predicted octanol–water partition coefficient (Wildman–Crippen LogP) is 3.95. The minimum atomic E-state index is -4.36. The van der Waals surface area contributed by atoms with Crippen molar-refractivity contribution in [3.8, 4) is 0 Å². The lowest BCUT2D eigenvalue weighted by atomic mass is 9.94. The van der Waals surface area contributed by atoms with Gasteiger partial charge in [0.25, 0.3) is 0 Å². The van der Waals surface area contributed by atoms with Crippen molar-refractivity contribution in [1.29, 1.82) is 0 Å². The average molecular weight is 314 g/mol. The summed E-state index contributed by atoms with van der Waals surface area (Å²) in [5.41, 5.74) is 0.560. The highest BCUT2D eigenvalue weighted by Crippen LogP contribution is 2.39. The Labute approximate surface area is 126 Å². The molecule has 3 nitrogen and oxygen atoms in total. The molecule has 22 heavy (non-hydrogen) atoms. The normalized spacial score (nSPS) is 21.7. The number of benzene rings is 1. The lowest BCUT2D eigenvalue weighted by molar-refractivity contribution is -0.173. The molecule has 2 rings (SSSR count). The van der Waals surface area contributed by atoms with Crippen LogP contribution in [0, 0.1) is 5.92 Å². The highest BCUT2D eigenvalue weighted by Gasteiger charge is 2.43. The molecule has 0 unspecified atom stereocenters. The summed E-state index contributed by atoms with van der Waals surface area (Å²) in [7, 11) is 0. The van der Waals surface area contributed by atoms with Gasteiger partial charge in [-0.15, -0.1) is 0 Å². The Bertz CT molecular complexity index is 537. The zero-order valence-corrected chi connectivity index (χ0v) is 12.1. The van der Waals surface area contributed by atoms with Crippen LogP contribution in [0.15, 0.2) is 36.4 Å². The van der Waals surface area contributed by atoms with Gasteiger partial charge in [0.1, 0.15) is 11.9 Å². The highest BCUT2D eigenvalue weighted by atomic mass is 19.4. The Morgan fingerprint density at radius 2 is 2.00 bits per heavy atom. The van der Waals surface area contributed by atoms with Crippen molar-refractivity contribution in [1.82, 2.24) is 0 Å². The van der Waals surface area contributed by atoms with Crippen molar-refractivity contribution in [2.75, 3.05) is 6.61 Å². The Morgan fingerprint density at radius 3 is 2.59 bits per heavy atom. The summed E-state index contributed by atoms with van der Waals surface area (Å²) < 4.78 is 49.6. The zero-order valence-electron chi connectivity index (χ0n) is 12.1. The summed E-state index contributed by atoms with van der Waals surface area (Å²) >= 11 is 0. The second-order valence-corrected chi connectivity index (χ2v) is 5.03. The van der Waals surface area contributed by atoms with Gasteiger partial charge in [0, 0.05) is 5.56 Å². The van der Waals surface area contributed by atoms with Crippen LogP contribution in [0.2, 0.25) is 0 Å². The number of halogens is 3. The Morgan fingerprint density at radius 1 is 1.32 bits per heavy atom. The third-order valence-corrected chi connectivity index (χ3v) is 3.34. The van der Waals surface area contributed by atoms with Gasteiger partial charge >= 0.3 is 12.1 Å². The first-order chi connectivity index (χ1) is 10.4. The Kier molecular flexibility index (Phi) is 5.11. The number of esters is 1. The van der Waals surface area contributed by atoms with Gasteiger partial charge in [-0.05, 0) is 19.4 Å². The molecule has 0 amide bonds. The molecule has 1 aliphatic rings. The van der Waals surface area contributed by atoms with Crippen molar-refractivity contribution >= 4 is 11.7 Å². The molecule has 1 heterocycles. The van der Waals surface area contributed by atoms with Gasteiger partial charge < -0.3 is 9.47 Å². The number of hydrogen-bond donors (Lipinski definition) is 0. The van der Waals surface area contributed by atoms with Crippen molar-refractivity contribution in [2.24, 2.45) is 5.92 Å². The van der Waals surface area contributed by atoms with Crippen molar-refractivity contribution in [3.05, 3.63) is 42.0 Å². The molecule has 1 aliphatic heterocycles. The van der Waals surface area contributed by atoms with Crippen LogP contribution in [0.1, 0.15) is 25.3 Å². The maximum absolute atomic E-state index is 13.1. The van der Waals surface area contributed by atoms with Crippen LogP contribution in [0.25, 0.3) is 5.76 Å². The van der Waals surface area contributed by atoms with Crippen LogP contribution in [0.3, 0.4) is 0 Å². The molecule has 0 saturated carbocycles. The van der Waals surface area contributed by atoms with Gasteiger partial charge in [0.2, 0.25) is 0 Å². The lowest BCUT2D eigenvalue weighted by Gasteiger charge is -2.30. The van der Waals surface area contributed by atoms with E-state index in [0.717, 1.165) is 6.08 Å². The number of ether oxygens (including phenoxy) is 2. The van der Waals surface area contributed by atoms with Gasteiger partial charge in [0.05, 0.1) is 18.9 Å². The van der Waals surface area contributed by atoms with E-state index in [9.17, 15) is 18.0 Å². The summed E-state index contributed by atoms with van der Waals surface area (Å²) in [6.07, 6.45) is -4.59. The number of carbonyl (C=O) groups is 1. The van der Waals surface area contributed by atoms with Crippen LogP contribution >= 0.6 is 0 Å². The second kappa shape index (κ2) is 6.85. The Hall–Kier alpha value is -1.98. The van der Waals surface area contributed by atoms with Gasteiger partial charge in [0.15, 0.2) is 0 Å². The third-order valence-electron chi connectivity index (χ3n) is 3.34. The minimum Gasteiger partial charge on any atom is -0.489 e. The molecular weight excluding hydrogens is 297 g/mol. The molecule has 0 N–H and O–H groups in total. The van der Waals surface area contributed by atoms with Crippen molar-refractivity contribution in [2.45, 2.75) is 32.0 Å². The number of allylic oxidation sites excluding steroid dienone is 1. The van der Waals surface area contributed by atoms with Crippen LogP contribution < -0.4 is 0 Å². The third kappa shape index (κ3) is 4.26. The van der Waals surface area contributed by atoms with Crippen LogP contribution in [0.5, 0.6) is 0 Å². The first kappa shape index (κ1) is 16.4. The Balaban J connectivity index is 2.20. The van der Waals surface area contributed by atoms with Crippen LogP contribution in [-0.4, -0.2) is 24.9 Å². The summed E-state index contributed by atoms with van der Waals surface area (Å²) in [5, 5.41) is 0. The summed E-state index contributed by atoms with van der Waals surface area (Å²) in [4.78, 5) is 11.5. The molecule has 0 radical (unpaired) electrons. The molecule has 6 heteroatoms. The quantitative estimate of drug-likeness (QED) is 0.790. The van der Waals surface area contributed by atoms with E-state index in [1.165, 1.54) is 0 Å². The van der Waals surface area contributed by atoms with E-state index in [-0.39, 0.29) is 25.2 Å². The van der Waals surface area contributed by atoms with Crippen molar-refractivity contribution in [3.63, 3.8) is 0 Å². The molecule has 1 aromatic rings. The molecule has 0 spiro atoms. The summed E-state index contributed by atoms with van der Waals surface area (Å²) in [6, 6.07) is 8.55. The van der Waals surface area contributed by atoms with E-state index in [1.807, 2.05) is 0 Å². The number of carbonyl (C=O) groups excluding carboxylic acids is 1. The summed E-state index contributed by atoms with van der Waals surface area (Å²) in [6.45, 7) is 1.84. The monoisotopic (exact) mass is 314 g/mol. The molecule has 0 aliphatic carbocycles. The van der Waals surface area contributed by atoms with Gasteiger partial charge in [-0.25, -0.2) is 0 Å². The molecule has 0 fully saturated rings. The smallest absolute Gasteiger partial charge is 0.395 e. The maximum Gasteiger partial charge on any atom is 0.395 e. The standard InChI is InChI=1S/C16H17F3O3/c1-2-21-15(20)10-13-8-12(16(17,18)19)9-14(22-13)11-6-4-3-5-7-11/h3-7,9,12-13H,2,8,10H2,1H3/t12-,13-/m0/s1. The van der Waals surface area contributed by atoms with Gasteiger partial charge in [-0.1, -0.05) is 30.3 Å². The first-order valence-electron chi connectivity index (χ1n) is 7.06. The number of alkyl halides is 3. The fraction of sp³-hybridized carbons (Fsp3) is 0.438. The van der Waals surface area contributed by atoms with E-state index < -0.39 is 24.2 Å². The second-order valence-electron chi connectivity index (χ2n) is 5.03. The van der Waals surface area contributed by atoms with Crippen molar-refractivity contribution < 1.29 is 27.4 Å². The SMILES string of the molecule is CCOC(=O)C[C@@H]1C[C@H](C(F)(F)F)C=C(c2ccccc2)O1. The fourth-order valence-electron chi connectivity index (χ4n) is 2.33. The molecule has 120 valence electrons. The predicted molar refractivity (Wildman–Crippen MR) is 74.7 cm³/mol. The molecule has 1 aromatic carbocycles. The molecule has 2 atom stereocenters. The summed E-state index contributed by atoms with van der Waals surface area (Å²) in [5.74, 6) is -2.03. The fourth-order valence-corrected chi connectivity index (χ4v) is 2.33. The largest absolute Gasteiger partial charge is 0.489 e. The minimum absolute atomic E-state index is 0.156. The lowest BCUT2D eigenvalue weighted by Crippen LogP contribution is -2.32. The average Bonchev–Trinajstić information content (AvgIpc) is 2.47. The maximum atomic E-state index is 13.1. The van der Waals surface area contributed by atoms with E-state index in [2.05, 4.69) is 0 Å². The molecule has 0 aromatic heterocycles. The molecular formula is C16H17F3O3. The van der Waals surface area contributed by atoms with E-state index >= 15 is 0 Å². The topological polar surface area (TPSA) is 35.5 Å². The van der Waals surface area contributed by atoms with Crippen LogP contribution in [-0.2, 0) is 14.3 Å². The first-order valence-corrected chi connectivity index (χ1v) is 7.06. The van der Waals surface area contributed by atoms with Gasteiger partial charge in [-0.3, -0.25) is 4.79 Å². The van der Waals surface area contributed by atoms with E-state index in [1.54, 1.807) is 37.3 Å². The van der Waals surface area contributed by atoms with E-state index in [0.29, 0.717) is 5.56 Å². The number of rotatable bonds is 4. The van der Waals surface area contributed by atoms with Crippen LogP contribution in [0.4, 0.5) is 13.2 Å². The molecule has 0 bridgehead atoms. The zero-order chi connectivity index (χ0) is 16.2. The number of hydrogen-bond acceptors (Lipinski definition) is 3. The highest BCUT2D eigenvalue weighted by molar-refractivity contribution is 5.70.